The van der Waals surface area contributed by atoms with Gasteiger partial charge in [0.1, 0.15) is 5.82 Å². The third kappa shape index (κ3) is 6.24. The minimum atomic E-state index is -0.995. The quantitative estimate of drug-likeness (QED) is 0.796. The minimum Gasteiger partial charge on any atom is -0.355 e. The van der Waals surface area contributed by atoms with Crippen LogP contribution in [0.5, 0.6) is 0 Å². The Hall–Kier alpha value is -2.01. The molecule has 24 heavy (non-hydrogen) atoms. The van der Waals surface area contributed by atoms with E-state index in [0.717, 1.165) is 11.1 Å². The maximum absolute atomic E-state index is 12.9. The molecular weight excluding hydrogens is 325 g/mol. The first kappa shape index (κ1) is 18.3. The zero-order valence-electron chi connectivity index (χ0n) is 13.7. The lowest BCUT2D eigenvalue weighted by Gasteiger charge is -2.12. The van der Waals surface area contributed by atoms with Crippen LogP contribution in [-0.2, 0) is 21.3 Å². The number of carbonyl (C=O) groups excluding carboxylic acids is 1. The summed E-state index contributed by atoms with van der Waals surface area (Å²) in [6.45, 7) is 2.33. The van der Waals surface area contributed by atoms with Crippen molar-refractivity contribution in [1.82, 2.24) is 5.32 Å². The molecule has 0 spiro atoms. The Morgan fingerprint density at radius 2 is 1.79 bits per heavy atom. The highest BCUT2D eigenvalue weighted by molar-refractivity contribution is 7.84. The van der Waals surface area contributed by atoms with E-state index in [0.29, 0.717) is 24.5 Å². The van der Waals surface area contributed by atoms with Gasteiger partial charge in [-0.25, -0.2) is 4.39 Å². The van der Waals surface area contributed by atoms with Gasteiger partial charge in [0.05, 0.1) is 0 Å². The van der Waals surface area contributed by atoms with Crippen molar-refractivity contribution in [1.29, 1.82) is 0 Å². The molecule has 0 aliphatic carbocycles. The Kier molecular flexibility index (Phi) is 7.12. The molecule has 0 aliphatic rings. The molecule has 2 atom stereocenters. The van der Waals surface area contributed by atoms with Gasteiger partial charge in [0.2, 0.25) is 5.91 Å². The monoisotopic (exact) mass is 347 g/mol. The highest BCUT2D eigenvalue weighted by Gasteiger charge is 2.11. The molecule has 1 amide bonds. The Morgan fingerprint density at radius 1 is 1.12 bits per heavy atom. The second-order valence-electron chi connectivity index (χ2n) is 5.78. The Morgan fingerprint density at radius 3 is 2.46 bits per heavy atom. The summed E-state index contributed by atoms with van der Waals surface area (Å²) in [4.78, 5) is 11.9. The molecule has 128 valence electrons. The lowest BCUT2D eigenvalue weighted by molar-refractivity contribution is -0.121. The van der Waals surface area contributed by atoms with Crippen molar-refractivity contribution in [2.45, 2.75) is 25.0 Å². The first-order valence-corrected chi connectivity index (χ1v) is 9.44. The molecule has 2 rings (SSSR count). The van der Waals surface area contributed by atoms with Gasteiger partial charge in [-0.2, -0.15) is 0 Å². The topological polar surface area (TPSA) is 46.2 Å². The van der Waals surface area contributed by atoms with Crippen LogP contribution in [0.2, 0.25) is 0 Å². The predicted octanol–water partition coefficient (Wildman–Crippen LogP) is 3.38. The van der Waals surface area contributed by atoms with Crippen molar-refractivity contribution in [3.8, 4) is 0 Å². The molecule has 5 heteroatoms. The fourth-order valence-corrected chi connectivity index (χ4v) is 3.43. The summed E-state index contributed by atoms with van der Waals surface area (Å²) in [7, 11) is -0.995. The van der Waals surface area contributed by atoms with Crippen molar-refractivity contribution >= 4 is 16.7 Å². The van der Waals surface area contributed by atoms with Gasteiger partial charge in [0.25, 0.3) is 0 Å². The van der Waals surface area contributed by atoms with Crippen molar-refractivity contribution < 1.29 is 13.4 Å². The van der Waals surface area contributed by atoms with Gasteiger partial charge in [-0.05, 0) is 29.2 Å². The summed E-state index contributed by atoms with van der Waals surface area (Å²) in [5.41, 5.74) is 1.96. The van der Waals surface area contributed by atoms with Gasteiger partial charge in [0.15, 0.2) is 0 Å². The summed E-state index contributed by atoms with van der Waals surface area (Å²) >= 11 is 0. The SMILES string of the molecule is C[C@H](CC(=O)NCC[S@](=O)Cc1ccccc1)c1ccc(F)cc1. The number of halogens is 1. The van der Waals surface area contributed by atoms with E-state index in [9.17, 15) is 13.4 Å². The summed E-state index contributed by atoms with van der Waals surface area (Å²) in [5, 5.41) is 2.81. The number of hydrogen-bond donors (Lipinski definition) is 1. The zero-order valence-corrected chi connectivity index (χ0v) is 14.5. The number of amides is 1. The summed E-state index contributed by atoms with van der Waals surface area (Å²) < 4.78 is 24.9. The van der Waals surface area contributed by atoms with Crippen LogP contribution in [0.15, 0.2) is 54.6 Å². The maximum atomic E-state index is 12.9. The summed E-state index contributed by atoms with van der Waals surface area (Å²) in [6, 6.07) is 15.9. The van der Waals surface area contributed by atoms with Crippen LogP contribution in [0.4, 0.5) is 4.39 Å². The van der Waals surface area contributed by atoms with Gasteiger partial charge in [-0.3, -0.25) is 9.00 Å². The molecule has 0 saturated heterocycles. The highest BCUT2D eigenvalue weighted by atomic mass is 32.2. The average molecular weight is 347 g/mol. The Labute approximate surface area is 144 Å². The molecule has 0 aliphatic heterocycles. The Balaban J connectivity index is 1.69. The number of nitrogens with one attached hydrogen (secondary N) is 1. The highest BCUT2D eigenvalue weighted by Crippen LogP contribution is 2.18. The minimum absolute atomic E-state index is 0.0143. The molecule has 0 heterocycles. The standard InChI is InChI=1S/C19H22FNO2S/c1-15(17-7-9-18(20)10-8-17)13-19(22)21-11-12-24(23)14-16-5-3-2-4-6-16/h2-10,15H,11-14H2,1H3,(H,21,22)/t15-,24+/m1/s1. The fraction of sp³-hybridized carbons (Fsp3) is 0.316. The number of hydrogen-bond acceptors (Lipinski definition) is 2. The first-order valence-electron chi connectivity index (χ1n) is 7.95. The van der Waals surface area contributed by atoms with Crippen LogP contribution in [0.3, 0.4) is 0 Å². The normalized spacial score (nSPS) is 13.2. The van der Waals surface area contributed by atoms with Gasteiger partial charge in [-0.1, -0.05) is 49.4 Å². The van der Waals surface area contributed by atoms with E-state index >= 15 is 0 Å². The average Bonchev–Trinajstić information content (AvgIpc) is 2.56. The molecule has 1 N–H and O–H groups in total. The van der Waals surface area contributed by atoms with Crippen LogP contribution >= 0.6 is 0 Å². The fourth-order valence-electron chi connectivity index (χ4n) is 2.40. The number of carbonyl (C=O) groups is 1. The van der Waals surface area contributed by atoms with E-state index in [-0.39, 0.29) is 17.6 Å². The van der Waals surface area contributed by atoms with E-state index in [1.807, 2.05) is 37.3 Å². The smallest absolute Gasteiger partial charge is 0.220 e. The molecule has 3 nitrogen and oxygen atoms in total. The maximum Gasteiger partial charge on any atom is 0.220 e. The van der Waals surface area contributed by atoms with E-state index in [1.165, 1.54) is 12.1 Å². The van der Waals surface area contributed by atoms with Crippen LogP contribution in [-0.4, -0.2) is 22.4 Å². The van der Waals surface area contributed by atoms with E-state index in [2.05, 4.69) is 5.32 Å². The van der Waals surface area contributed by atoms with E-state index in [4.69, 9.17) is 0 Å². The largest absolute Gasteiger partial charge is 0.355 e. The lowest BCUT2D eigenvalue weighted by atomic mass is 9.97. The molecular formula is C19H22FNO2S. The second-order valence-corrected chi connectivity index (χ2v) is 7.36. The molecule has 0 fully saturated rings. The van der Waals surface area contributed by atoms with Crippen LogP contribution in [0.1, 0.15) is 30.4 Å². The molecule has 0 radical (unpaired) electrons. The van der Waals surface area contributed by atoms with Crippen molar-refractivity contribution in [3.05, 3.63) is 71.5 Å². The number of rotatable bonds is 8. The molecule has 0 saturated carbocycles. The van der Waals surface area contributed by atoms with E-state index < -0.39 is 10.8 Å². The number of benzene rings is 2. The van der Waals surface area contributed by atoms with Gasteiger partial charge in [-0.15, -0.1) is 0 Å². The first-order chi connectivity index (χ1) is 11.5. The third-order valence-corrected chi connectivity index (χ3v) is 5.07. The molecule has 2 aromatic carbocycles. The van der Waals surface area contributed by atoms with Crippen molar-refractivity contribution in [3.63, 3.8) is 0 Å². The van der Waals surface area contributed by atoms with Gasteiger partial charge < -0.3 is 5.32 Å². The third-order valence-electron chi connectivity index (χ3n) is 3.75. The van der Waals surface area contributed by atoms with Gasteiger partial charge >= 0.3 is 0 Å². The van der Waals surface area contributed by atoms with Crippen LogP contribution < -0.4 is 5.32 Å². The van der Waals surface area contributed by atoms with Crippen LogP contribution in [0, 0.1) is 5.82 Å². The molecule has 0 unspecified atom stereocenters. The molecule has 0 aromatic heterocycles. The molecule has 0 bridgehead atoms. The van der Waals surface area contributed by atoms with E-state index in [1.54, 1.807) is 12.1 Å². The van der Waals surface area contributed by atoms with Crippen molar-refractivity contribution in [2.75, 3.05) is 12.3 Å². The predicted molar refractivity (Wildman–Crippen MR) is 95.6 cm³/mol. The zero-order chi connectivity index (χ0) is 17.4. The summed E-state index contributed by atoms with van der Waals surface area (Å²) in [6.07, 6.45) is 0.330. The van der Waals surface area contributed by atoms with Gasteiger partial charge in [0, 0.05) is 35.3 Å². The summed E-state index contributed by atoms with van der Waals surface area (Å²) in [5.74, 6) is 0.592. The second kappa shape index (κ2) is 9.33. The molecule has 2 aromatic rings. The Bertz CT molecular complexity index is 674. The van der Waals surface area contributed by atoms with Crippen LogP contribution in [0.25, 0.3) is 0 Å². The lowest BCUT2D eigenvalue weighted by Crippen LogP contribution is -2.28. The van der Waals surface area contributed by atoms with Crippen molar-refractivity contribution in [2.24, 2.45) is 0 Å².